The van der Waals surface area contributed by atoms with Gasteiger partial charge in [-0.1, -0.05) is 12.1 Å². The van der Waals surface area contributed by atoms with E-state index in [9.17, 15) is 22.4 Å². The monoisotopic (exact) mass is 473 g/mol. The standard InChI is InChI=1S/C21H16FN3O5S2/c1-13-5-6-15(22)10-18(13)32(28,29)24-16-4-2-3-14(9-16)20(27)30-12-17-11-19(26)25-7-8-31-21(25)23-17/h2-11,24H,12H2,1H3. The summed E-state index contributed by atoms with van der Waals surface area (Å²) in [5.74, 6) is -1.40. The summed E-state index contributed by atoms with van der Waals surface area (Å²) in [5.41, 5.74) is 0.589. The third-order valence-electron chi connectivity index (χ3n) is 4.50. The molecule has 0 unspecified atom stereocenters. The second kappa shape index (κ2) is 8.52. The first kappa shape index (κ1) is 21.7. The fourth-order valence-electron chi connectivity index (χ4n) is 2.97. The van der Waals surface area contributed by atoms with Crippen LogP contribution in [0.15, 0.2) is 69.8 Å². The van der Waals surface area contributed by atoms with Crippen LogP contribution in [0.5, 0.6) is 0 Å². The van der Waals surface area contributed by atoms with Gasteiger partial charge in [-0.3, -0.25) is 13.9 Å². The number of aryl methyl sites for hydroxylation is 1. The highest BCUT2D eigenvalue weighted by Crippen LogP contribution is 2.21. The molecule has 11 heteroatoms. The molecule has 2 aromatic heterocycles. The Morgan fingerprint density at radius 3 is 2.84 bits per heavy atom. The molecule has 164 valence electrons. The molecule has 0 bridgehead atoms. The van der Waals surface area contributed by atoms with Gasteiger partial charge in [0.25, 0.3) is 15.6 Å². The lowest BCUT2D eigenvalue weighted by atomic mass is 10.2. The van der Waals surface area contributed by atoms with Gasteiger partial charge in [-0.2, -0.15) is 0 Å². The van der Waals surface area contributed by atoms with Gasteiger partial charge in [-0.15, -0.1) is 11.3 Å². The highest BCUT2D eigenvalue weighted by molar-refractivity contribution is 7.92. The number of esters is 1. The van der Waals surface area contributed by atoms with Crippen molar-refractivity contribution in [3.8, 4) is 0 Å². The fourth-order valence-corrected chi connectivity index (χ4v) is 5.01. The highest BCUT2D eigenvalue weighted by Gasteiger charge is 2.19. The van der Waals surface area contributed by atoms with Crippen LogP contribution in [0.1, 0.15) is 21.6 Å². The number of rotatable bonds is 6. The smallest absolute Gasteiger partial charge is 0.338 e. The molecule has 0 saturated carbocycles. The summed E-state index contributed by atoms with van der Waals surface area (Å²) >= 11 is 1.28. The third-order valence-corrected chi connectivity index (χ3v) is 6.78. The van der Waals surface area contributed by atoms with Gasteiger partial charge in [-0.05, 0) is 42.8 Å². The van der Waals surface area contributed by atoms with E-state index in [1.807, 2.05) is 0 Å². The van der Waals surface area contributed by atoms with E-state index in [0.29, 0.717) is 16.2 Å². The van der Waals surface area contributed by atoms with Crippen molar-refractivity contribution in [2.75, 3.05) is 4.72 Å². The molecule has 0 saturated heterocycles. The van der Waals surface area contributed by atoms with Gasteiger partial charge in [0.15, 0.2) is 4.96 Å². The average molecular weight is 474 g/mol. The molecule has 0 spiro atoms. The zero-order chi connectivity index (χ0) is 22.9. The maximum absolute atomic E-state index is 13.5. The van der Waals surface area contributed by atoms with Crippen molar-refractivity contribution in [2.24, 2.45) is 0 Å². The van der Waals surface area contributed by atoms with Crippen LogP contribution in [0, 0.1) is 12.7 Å². The number of carbonyl (C=O) groups excluding carboxylic acids is 1. The molecule has 4 aromatic rings. The number of aromatic nitrogens is 2. The molecular formula is C21H16FN3O5S2. The van der Waals surface area contributed by atoms with Gasteiger partial charge >= 0.3 is 5.97 Å². The molecule has 32 heavy (non-hydrogen) atoms. The number of anilines is 1. The van der Waals surface area contributed by atoms with Gasteiger partial charge in [0.05, 0.1) is 16.2 Å². The van der Waals surface area contributed by atoms with Crippen LogP contribution < -0.4 is 10.3 Å². The van der Waals surface area contributed by atoms with Crippen molar-refractivity contribution in [3.63, 3.8) is 0 Å². The van der Waals surface area contributed by atoms with Crippen LogP contribution in [0.3, 0.4) is 0 Å². The van der Waals surface area contributed by atoms with Crippen LogP contribution in [-0.2, 0) is 21.4 Å². The average Bonchev–Trinajstić information content (AvgIpc) is 3.23. The first-order chi connectivity index (χ1) is 15.2. The van der Waals surface area contributed by atoms with Gasteiger partial charge in [0, 0.05) is 23.3 Å². The summed E-state index contributed by atoms with van der Waals surface area (Å²) in [4.78, 5) is 29.0. The number of benzene rings is 2. The molecule has 0 aliphatic carbocycles. The predicted octanol–water partition coefficient (Wildman–Crippen LogP) is 3.36. The number of hydrogen-bond acceptors (Lipinski definition) is 7. The first-order valence-electron chi connectivity index (χ1n) is 9.25. The number of fused-ring (bicyclic) bond motifs is 1. The van der Waals surface area contributed by atoms with Gasteiger partial charge in [-0.25, -0.2) is 22.6 Å². The number of sulfonamides is 1. The number of nitrogens with one attached hydrogen (secondary N) is 1. The van der Waals surface area contributed by atoms with Crippen LogP contribution in [-0.4, -0.2) is 23.8 Å². The van der Waals surface area contributed by atoms with Crippen LogP contribution in [0.4, 0.5) is 10.1 Å². The third kappa shape index (κ3) is 4.53. The Hall–Kier alpha value is -3.57. The number of carbonyl (C=O) groups is 1. The first-order valence-corrected chi connectivity index (χ1v) is 11.6. The molecule has 0 amide bonds. The van der Waals surface area contributed by atoms with Crippen LogP contribution in [0.2, 0.25) is 0 Å². The van der Waals surface area contributed by atoms with Crippen LogP contribution in [0.25, 0.3) is 4.96 Å². The van der Waals surface area contributed by atoms with E-state index < -0.39 is 21.8 Å². The van der Waals surface area contributed by atoms with Crippen LogP contribution >= 0.6 is 11.3 Å². The molecule has 0 radical (unpaired) electrons. The van der Waals surface area contributed by atoms with E-state index in [-0.39, 0.29) is 28.3 Å². The predicted molar refractivity (Wildman–Crippen MR) is 117 cm³/mol. The molecule has 8 nitrogen and oxygen atoms in total. The Bertz CT molecular complexity index is 1490. The summed E-state index contributed by atoms with van der Waals surface area (Å²) < 4.78 is 47.8. The van der Waals surface area contributed by atoms with Crippen molar-refractivity contribution in [1.82, 2.24) is 9.38 Å². The largest absolute Gasteiger partial charge is 0.456 e. The van der Waals surface area contributed by atoms with Gasteiger partial charge in [0.1, 0.15) is 12.4 Å². The number of thiazole rings is 1. The molecule has 4 rings (SSSR count). The van der Waals surface area contributed by atoms with E-state index in [2.05, 4.69) is 9.71 Å². The Balaban J connectivity index is 1.50. The van der Waals surface area contributed by atoms with E-state index in [0.717, 1.165) is 6.07 Å². The topological polar surface area (TPSA) is 107 Å². The molecule has 0 aliphatic heterocycles. The molecule has 0 atom stereocenters. The highest BCUT2D eigenvalue weighted by atomic mass is 32.2. The molecule has 2 heterocycles. The minimum absolute atomic E-state index is 0.0927. The van der Waals surface area contributed by atoms with E-state index in [1.165, 1.54) is 58.2 Å². The SMILES string of the molecule is Cc1ccc(F)cc1S(=O)(=O)Nc1cccc(C(=O)OCc2cc(=O)n3ccsc3n2)c1. The summed E-state index contributed by atoms with van der Waals surface area (Å²) in [6, 6.07) is 10.4. The molecule has 0 aliphatic rings. The molecule has 0 fully saturated rings. The minimum atomic E-state index is -4.07. The van der Waals surface area contributed by atoms with Crippen molar-refractivity contribution < 1.29 is 22.3 Å². The summed E-state index contributed by atoms with van der Waals surface area (Å²) in [5, 5.41) is 1.72. The zero-order valence-corrected chi connectivity index (χ0v) is 18.2. The summed E-state index contributed by atoms with van der Waals surface area (Å²) in [6.07, 6.45) is 1.60. The maximum atomic E-state index is 13.5. The lowest BCUT2D eigenvalue weighted by Crippen LogP contribution is -2.16. The zero-order valence-electron chi connectivity index (χ0n) is 16.6. The number of hydrogen-bond donors (Lipinski definition) is 1. The number of nitrogens with zero attached hydrogens (tertiary/aromatic N) is 2. The Morgan fingerprint density at radius 2 is 2.03 bits per heavy atom. The summed E-state index contributed by atoms with van der Waals surface area (Å²) in [7, 11) is -4.07. The maximum Gasteiger partial charge on any atom is 0.338 e. The molecule has 2 aromatic carbocycles. The lowest BCUT2D eigenvalue weighted by Gasteiger charge is -2.11. The second-order valence-corrected chi connectivity index (χ2v) is 9.34. The Morgan fingerprint density at radius 1 is 1.22 bits per heavy atom. The second-order valence-electron chi connectivity index (χ2n) is 6.81. The lowest BCUT2D eigenvalue weighted by molar-refractivity contribution is 0.0468. The van der Waals surface area contributed by atoms with Crippen molar-refractivity contribution in [2.45, 2.75) is 18.4 Å². The van der Waals surface area contributed by atoms with E-state index in [1.54, 1.807) is 18.5 Å². The summed E-state index contributed by atoms with van der Waals surface area (Å²) in [6.45, 7) is 1.33. The van der Waals surface area contributed by atoms with E-state index >= 15 is 0 Å². The minimum Gasteiger partial charge on any atom is -0.456 e. The van der Waals surface area contributed by atoms with Gasteiger partial charge in [0.2, 0.25) is 0 Å². The van der Waals surface area contributed by atoms with Crippen molar-refractivity contribution >= 4 is 38.0 Å². The van der Waals surface area contributed by atoms with Crippen molar-refractivity contribution in [3.05, 3.63) is 93.1 Å². The fraction of sp³-hybridized carbons (Fsp3) is 0.0952. The Kier molecular flexibility index (Phi) is 5.76. The quantitative estimate of drug-likeness (QED) is 0.431. The number of halogens is 1. The molecular weight excluding hydrogens is 457 g/mol. The van der Waals surface area contributed by atoms with Gasteiger partial charge < -0.3 is 4.74 Å². The molecule has 1 N–H and O–H groups in total. The number of ether oxygens (including phenoxy) is 1. The normalized spacial score (nSPS) is 11.4. The van der Waals surface area contributed by atoms with E-state index in [4.69, 9.17) is 4.74 Å². The Labute approximate surface area is 186 Å². The van der Waals surface area contributed by atoms with Crippen molar-refractivity contribution in [1.29, 1.82) is 0 Å².